The minimum atomic E-state index is -5.45. The van der Waals surface area contributed by atoms with Crippen molar-refractivity contribution in [1.29, 1.82) is 0 Å². The van der Waals surface area contributed by atoms with Gasteiger partial charge in [0.2, 0.25) is 0 Å². The van der Waals surface area contributed by atoms with Crippen LogP contribution < -0.4 is 0 Å². The van der Waals surface area contributed by atoms with Crippen LogP contribution in [0.2, 0.25) is 0 Å². The standard InChI is InChI=1S/C18H12F6/c1-16(17(19,20)21,18(22,23)24)15-7-6-13-8-11-4-2-3-5-12(11)9-14(13)10-15/h2-10H,1H3. The summed E-state index contributed by atoms with van der Waals surface area (Å²) in [4.78, 5) is 0. The highest BCUT2D eigenvalue weighted by Crippen LogP contribution is 2.52. The zero-order valence-electron chi connectivity index (χ0n) is 12.5. The van der Waals surface area contributed by atoms with Crippen molar-refractivity contribution in [2.24, 2.45) is 0 Å². The maximum atomic E-state index is 13.2. The monoisotopic (exact) mass is 342 g/mol. The molecule has 126 valence electrons. The number of rotatable bonds is 1. The summed E-state index contributed by atoms with van der Waals surface area (Å²) >= 11 is 0. The first-order valence-electron chi connectivity index (χ1n) is 7.10. The van der Waals surface area contributed by atoms with E-state index in [2.05, 4.69) is 0 Å². The van der Waals surface area contributed by atoms with Gasteiger partial charge < -0.3 is 0 Å². The first-order chi connectivity index (χ1) is 11.0. The second-order valence-electron chi connectivity index (χ2n) is 5.88. The highest BCUT2D eigenvalue weighted by atomic mass is 19.4. The van der Waals surface area contributed by atoms with E-state index in [0.717, 1.165) is 22.9 Å². The molecule has 24 heavy (non-hydrogen) atoms. The second kappa shape index (κ2) is 5.13. The van der Waals surface area contributed by atoms with Crippen molar-refractivity contribution >= 4 is 21.5 Å². The van der Waals surface area contributed by atoms with Gasteiger partial charge in [-0.1, -0.05) is 36.4 Å². The predicted molar refractivity (Wildman–Crippen MR) is 80.9 cm³/mol. The van der Waals surface area contributed by atoms with Gasteiger partial charge in [0, 0.05) is 0 Å². The molecule has 3 aromatic carbocycles. The number of hydrogen-bond acceptors (Lipinski definition) is 0. The molecule has 6 heteroatoms. The fourth-order valence-corrected chi connectivity index (χ4v) is 2.74. The predicted octanol–water partition coefficient (Wildman–Crippen LogP) is 6.38. The van der Waals surface area contributed by atoms with Gasteiger partial charge in [0.15, 0.2) is 5.41 Å². The van der Waals surface area contributed by atoms with Gasteiger partial charge in [-0.2, -0.15) is 26.3 Å². The number of benzene rings is 3. The molecule has 0 aliphatic carbocycles. The molecule has 0 aliphatic heterocycles. The fraction of sp³-hybridized carbons (Fsp3) is 0.222. The van der Waals surface area contributed by atoms with E-state index in [9.17, 15) is 26.3 Å². The van der Waals surface area contributed by atoms with Crippen molar-refractivity contribution in [2.75, 3.05) is 0 Å². The smallest absolute Gasteiger partial charge is 0.170 e. The Morgan fingerprint density at radius 2 is 1.04 bits per heavy atom. The van der Waals surface area contributed by atoms with Gasteiger partial charge in [-0.05, 0) is 52.2 Å². The highest BCUT2D eigenvalue weighted by molar-refractivity contribution is 5.98. The van der Waals surface area contributed by atoms with Crippen LogP contribution in [0.5, 0.6) is 0 Å². The van der Waals surface area contributed by atoms with Crippen LogP contribution in [0.3, 0.4) is 0 Å². The van der Waals surface area contributed by atoms with Gasteiger partial charge in [0.05, 0.1) is 0 Å². The summed E-state index contributed by atoms with van der Waals surface area (Å²) in [6, 6.07) is 13.7. The van der Waals surface area contributed by atoms with E-state index in [1.807, 2.05) is 12.1 Å². The molecule has 0 saturated carbocycles. The van der Waals surface area contributed by atoms with Crippen LogP contribution in [0.15, 0.2) is 54.6 Å². The SMILES string of the molecule is CC(c1ccc2cc3ccccc3cc2c1)(C(F)(F)F)C(F)(F)F. The van der Waals surface area contributed by atoms with Gasteiger partial charge in [-0.25, -0.2) is 0 Å². The van der Waals surface area contributed by atoms with Gasteiger partial charge >= 0.3 is 12.4 Å². The van der Waals surface area contributed by atoms with Crippen molar-refractivity contribution < 1.29 is 26.3 Å². The van der Waals surface area contributed by atoms with E-state index in [1.165, 1.54) is 6.07 Å². The number of alkyl halides is 6. The summed E-state index contributed by atoms with van der Waals surface area (Å²) in [7, 11) is 0. The topological polar surface area (TPSA) is 0 Å². The van der Waals surface area contributed by atoms with Gasteiger partial charge in [0.25, 0.3) is 0 Å². The lowest BCUT2D eigenvalue weighted by Gasteiger charge is -2.34. The average Bonchev–Trinajstić information content (AvgIpc) is 2.49. The van der Waals surface area contributed by atoms with Gasteiger partial charge in [0.1, 0.15) is 0 Å². The first kappa shape index (κ1) is 16.6. The second-order valence-corrected chi connectivity index (χ2v) is 5.88. The Bertz CT molecular complexity index is 891. The molecule has 0 aromatic heterocycles. The van der Waals surface area contributed by atoms with Gasteiger partial charge in [-0.15, -0.1) is 0 Å². The zero-order chi connectivity index (χ0) is 17.8. The zero-order valence-corrected chi connectivity index (χ0v) is 12.5. The van der Waals surface area contributed by atoms with Gasteiger partial charge in [-0.3, -0.25) is 0 Å². The van der Waals surface area contributed by atoms with E-state index in [4.69, 9.17) is 0 Å². The third kappa shape index (κ3) is 2.41. The quantitative estimate of drug-likeness (QED) is 0.356. The van der Waals surface area contributed by atoms with Crippen LogP contribution in [0.1, 0.15) is 12.5 Å². The molecule has 0 unspecified atom stereocenters. The molecular formula is C18H12F6. The summed E-state index contributed by atoms with van der Waals surface area (Å²) in [5.74, 6) is 0. The van der Waals surface area contributed by atoms with E-state index >= 15 is 0 Å². The van der Waals surface area contributed by atoms with E-state index in [1.54, 1.807) is 24.3 Å². The van der Waals surface area contributed by atoms with Crippen LogP contribution in [-0.4, -0.2) is 12.4 Å². The van der Waals surface area contributed by atoms with Crippen LogP contribution in [0, 0.1) is 0 Å². The Kier molecular flexibility index (Phi) is 3.55. The molecule has 0 radical (unpaired) electrons. The first-order valence-corrected chi connectivity index (χ1v) is 7.10. The highest BCUT2D eigenvalue weighted by Gasteiger charge is 2.68. The van der Waals surface area contributed by atoms with Crippen LogP contribution in [0.4, 0.5) is 26.3 Å². The van der Waals surface area contributed by atoms with Crippen LogP contribution >= 0.6 is 0 Å². The maximum Gasteiger partial charge on any atom is 0.406 e. The lowest BCUT2D eigenvalue weighted by atomic mass is 9.80. The van der Waals surface area contributed by atoms with Crippen molar-refractivity contribution in [2.45, 2.75) is 24.7 Å². The number of halogens is 6. The van der Waals surface area contributed by atoms with Crippen molar-refractivity contribution in [3.05, 3.63) is 60.2 Å². The van der Waals surface area contributed by atoms with Crippen LogP contribution in [0.25, 0.3) is 21.5 Å². The molecule has 3 rings (SSSR count). The van der Waals surface area contributed by atoms with Crippen LogP contribution in [-0.2, 0) is 5.41 Å². The Labute approximate surface area is 133 Å². The Morgan fingerprint density at radius 3 is 1.54 bits per heavy atom. The average molecular weight is 342 g/mol. The lowest BCUT2D eigenvalue weighted by molar-refractivity contribution is -0.297. The van der Waals surface area contributed by atoms with Crippen molar-refractivity contribution in [1.82, 2.24) is 0 Å². The molecule has 0 saturated heterocycles. The molecule has 0 amide bonds. The molecule has 0 heterocycles. The molecule has 0 aliphatic rings. The Hall–Kier alpha value is -2.24. The lowest BCUT2D eigenvalue weighted by Crippen LogP contribution is -2.51. The largest absolute Gasteiger partial charge is 0.406 e. The summed E-state index contributed by atoms with van der Waals surface area (Å²) in [6.45, 7) is 0.176. The summed E-state index contributed by atoms with van der Waals surface area (Å²) in [5, 5.41) is 2.55. The molecule has 3 aromatic rings. The molecule has 0 atom stereocenters. The molecule has 0 bridgehead atoms. The molecular weight excluding hydrogens is 330 g/mol. The minimum absolute atomic E-state index is 0.176. The number of fused-ring (bicyclic) bond motifs is 2. The van der Waals surface area contributed by atoms with E-state index in [0.29, 0.717) is 10.8 Å². The third-order valence-electron chi connectivity index (χ3n) is 4.42. The molecule has 0 nitrogen and oxygen atoms in total. The Morgan fingerprint density at radius 1 is 0.583 bits per heavy atom. The maximum absolute atomic E-state index is 13.2. The third-order valence-corrected chi connectivity index (χ3v) is 4.42. The summed E-state index contributed by atoms with van der Waals surface area (Å²) < 4.78 is 79.3. The molecule has 0 spiro atoms. The minimum Gasteiger partial charge on any atom is -0.170 e. The van der Waals surface area contributed by atoms with E-state index in [-0.39, 0.29) is 6.92 Å². The normalized spacial score (nSPS) is 13.6. The number of hydrogen-bond donors (Lipinski definition) is 0. The van der Waals surface area contributed by atoms with E-state index < -0.39 is 23.3 Å². The molecule has 0 N–H and O–H groups in total. The summed E-state index contributed by atoms with van der Waals surface area (Å²) in [5.41, 5.74) is -4.73. The van der Waals surface area contributed by atoms with Crippen molar-refractivity contribution in [3.8, 4) is 0 Å². The van der Waals surface area contributed by atoms with Crippen molar-refractivity contribution in [3.63, 3.8) is 0 Å². The summed E-state index contributed by atoms with van der Waals surface area (Å²) in [6.07, 6.45) is -10.9. The molecule has 0 fully saturated rings. The Balaban J connectivity index is 2.27. The fourth-order valence-electron chi connectivity index (χ4n) is 2.74.